The molecule has 2 heterocycles. The van der Waals surface area contributed by atoms with Gasteiger partial charge >= 0.3 is 0 Å². The first-order valence-corrected chi connectivity index (χ1v) is 13.4. The largest absolute Gasteiger partial charge is 0.391 e. The summed E-state index contributed by atoms with van der Waals surface area (Å²) in [6.45, 7) is 11.6. The zero-order valence-electron chi connectivity index (χ0n) is 21.8. The van der Waals surface area contributed by atoms with Gasteiger partial charge in [0.25, 0.3) is 0 Å². The lowest BCUT2D eigenvalue weighted by Gasteiger charge is -2.34. The molecule has 1 unspecified atom stereocenters. The van der Waals surface area contributed by atoms with Crippen LogP contribution >= 0.6 is 0 Å². The summed E-state index contributed by atoms with van der Waals surface area (Å²) >= 11 is 0. The van der Waals surface area contributed by atoms with Crippen molar-refractivity contribution in [3.05, 3.63) is 65.7 Å². The van der Waals surface area contributed by atoms with Crippen LogP contribution in [-0.2, 0) is 6.42 Å². The molecule has 0 aliphatic carbocycles. The second kappa shape index (κ2) is 11.6. The van der Waals surface area contributed by atoms with E-state index in [-0.39, 0.29) is 6.10 Å². The molecule has 0 saturated carbocycles. The van der Waals surface area contributed by atoms with Crippen LogP contribution in [0.2, 0.25) is 0 Å². The fourth-order valence-electron chi connectivity index (χ4n) is 5.64. The second-order valence-electron chi connectivity index (χ2n) is 11.2. The number of β-amino-alcohol motifs (C(OH)–C–C–N with tert-alkyl or cyclic N) is 1. The van der Waals surface area contributed by atoms with Gasteiger partial charge in [-0.3, -0.25) is 0 Å². The molecule has 2 aromatic rings. The zero-order chi connectivity index (χ0) is 25.7. The van der Waals surface area contributed by atoms with Gasteiger partial charge in [-0.25, -0.2) is 4.39 Å². The molecule has 4 nitrogen and oxygen atoms in total. The highest BCUT2D eigenvalue weighted by Gasteiger charge is 2.25. The van der Waals surface area contributed by atoms with Gasteiger partial charge in [0.15, 0.2) is 0 Å². The lowest BCUT2D eigenvalue weighted by molar-refractivity contribution is 0.0943. The second-order valence-corrected chi connectivity index (χ2v) is 11.2. The summed E-state index contributed by atoms with van der Waals surface area (Å²) in [6, 6.07) is 17.0. The number of likely N-dealkylation sites (tertiary alicyclic amines) is 2. The number of piperidine rings is 2. The lowest BCUT2D eigenvalue weighted by Crippen LogP contribution is -2.41. The van der Waals surface area contributed by atoms with E-state index in [0.29, 0.717) is 19.0 Å². The molecule has 0 bridgehead atoms. The standard InChI is InChI=1S/C31H40FN3O/c1-23(35-16-4-5-30(36)21-35)25-8-10-26(11-9-25)28-13-12-27(29(19-28)20-33)7-6-24-14-17-34(18-15-24)22-31(2,3)32/h8-13,19,24,30,36H,1,4-7,14-18,21-22H2,2-3H3. The van der Waals surface area contributed by atoms with E-state index in [0.717, 1.165) is 91.7 Å². The SMILES string of the molecule is C=C(c1ccc(-c2ccc(CCC3CCN(CC(C)(C)F)CC3)c(C#N)c2)cc1)N1CCCC(O)C1. The Labute approximate surface area is 216 Å². The van der Waals surface area contributed by atoms with Crippen molar-refractivity contribution in [2.75, 3.05) is 32.7 Å². The van der Waals surface area contributed by atoms with Crippen molar-refractivity contribution in [2.24, 2.45) is 5.92 Å². The third kappa shape index (κ3) is 6.96. The van der Waals surface area contributed by atoms with Gasteiger partial charge in [-0.2, -0.15) is 5.26 Å². The number of halogens is 1. The predicted octanol–water partition coefficient (Wildman–Crippen LogP) is 6.05. The van der Waals surface area contributed by atoms with Crippen LogP contribution < -0.4 is 0 Å². The van der Waals surface area contributed by atoms with Crippen LogP contribution in [0.15, 0.2) is 49.0 Å². The van der Waals surface area contributed by atoms with E-state index < -0.39 is 5.67 Å². The molecule has 0 amide bonds. The van der Waals surface area contributed by atoms with E-state index in [1.807, 2.05) is 6.07 Å². The van der Waals surface area contributed by atoms with E-state index in [1.165, 1.54) is 0 Å². The Kier molecular flexibility index (Phi) is 8.49. The molecule has 4 rings (SSSR count). The number of nitrogens with zero attached hydrogens (tertiary/aromatic N) is 3. The monoisotopic (exact) mass is 489 g/mol. The molecule has 5 heteroatoms. The molecule has 2 fully saturated rings. The highest BCUT2D eigenvalue weighted by molar-refractivity contribution is 5.70. The Morgan fingerprint density at radius 2 is 1.78 bits per heavy atom. The van der Waals surface area contributed by atoms with Gasteiger partial charge in [-0.15, -0.1) is 0 Å². The number of alkyl halides is 1. The van der Waals surface area contributed by atoms with Gasteiger partial charge in [0.05, 0.1) is 17.7 Å². The van der Waals surface area contributed by atoms with E-state index in [4.69, 9.17) is 0 Å². The van der Waals surface area contributed by atoms with Crippen molar-refractivity contribution in [2.45, 2.75) is 64.1 Å². The molecule has 0 spiro atoms. The lowest BCUT2D eigenvalue weighted by atomic mass is 9.88. The third-order valence-corrected chi connectivity index (χ3v) is 7.69. The minimum Gasteiger partial charge on any atom is -0.391 e. The molecule has 0 aromatic heterocycles. The van der Waals surface area contributed by atoms with Gasteiger partial charge < -0.3 is 14.9 Å². The topological polar surface area (TPSA) is 50.5 Å². The van der Waals surface area contributed by atoms with Crippen molar-refractivity contribution in [1.29, 1.82) is 5.26 Å². The summed E-state index contributed by atoms with van der Waals surface area (Å²) < 4.78 is 13.9. The summed E-state index contributed by atoms with van der Waals surface area (Å²) in [4.78, 5) is 4.40. The van der Waals surface area contributed by atoms with Crippen LogP contribution in [-0.4, -0.2) is 59.4 Å². The van der Waals surface area contributed by atoms with Gasteiger partial charge in [0.1, 0.15) is 5.67 Å². The van der Waals surface area contributed by atoms with E-state index >= 15 is 0 Å². The number of aryl methyl sites for hydroxylation is 1. The molecule has 36 heavy (non-hydrogen) atoms. The van der Waals surface area contributed by atoms with Crippen molar-refractivity contribution in [3.63, 3.8) is 0 Å². The van der Waals surface area contributed by atoms with E-state index in [1.54, 1.807) is 13.8 Å². The number of hydrogen-bond donors (Lipinski definition) is 1. The minimum absolute atomic E-state index is 0.278. The minimum atomic E-state index is -1.14. The Hall–Kier alpha value is -2.68. The molecule has 2 aliphatic heterocycles. The summed E-state index contributed by atoms with van der Waals surface area (Å²) in [6.07, 6.45) is 5.75. The van der Waals surface area contributed by atoms with Crippen LogP contribution in [0.3, 0.4) is 0 Å². The smallest absolute Gasteiger partial charge is 0.118 e. The summed E-state index contributed by atoms with van der Waals surface area (Å²) in [5, 5.41) is 19.8. The maximum absolute atomic E-state index is 13.9. The molecular weight excluding hydrogens is 449 g/mol. The number of rotatable bonds is 8. The van der Waals surface area contributed by atoms with Crippen molar-refractivity contribution in [1.82, 2.24) is 9.80 Å². The van der Waals surface area contributed by atoms with Crippen LogP contribution in [0.1, 0.15) is 62.6 Å². The van der Waals surface area contributed by atoms with Gasteiger partial charge in [-0.1, -0.05) is 43.0 Å². The Balaban J connectivity index is 1.35. The first-order valence-electron chi connectivity index (χ1n) is 13.4. The van der Waals surface area contributed by atoms with Gasteiger partial charge in [-0.05, 0) is 99.7 Å². The fourth-order valence-corrected chi connectivity index (χ4v) is 5.64. The number of aliphatic hydroxyl groups excluding tert-OH is 1. The van der Waals surface area contributed by atoms with E-state index in [9.17, 15) is 14.8 Å². The molecule has 2 aromatic carbocycles. The van der Waals surface area contributed by atoms with Crippen LogP contribution in [0, 0.1) is 17.2 Å². The van der Waals surface area contributed by atoms with Crippen molar-refractivity contribution < 1.29 is 9.50 Å². The molecule has 1 N–H and O–H groups in total. The Morgan fingerprint density at radius 3 is 2.42 bits per heavy atom. The average Bonchev–Trinajstić information content (AvgIpc) is 2.87. The molecule has 1 atom stereocenters. The summed E-state index contributed by atoms with van der Waals surface area (Å²) in [5.74, 6) is 0.636. The highest BCUT2D eigenvalue weighted by atomic mass is 19.1. The molecular formula is C31H40FN3O. The van der Waals surface area contributed by atoms with E-state index in [2.05, 4.69) is 58.8 Å². The Morgan fingerprint density at radius 1 is 1.08 bits per heavy atom. The summed E-state index contributed by atoms with van der Waals surface area (Å²) in [5.41, 5.74) is 4.86. The first kappa shape index (κ1) is 26.4. The van der Waals surface area contributed by atoms with Crippen LogP contribution in [0.4, 0.5) is 4.39 Å². The Bertz CT molecular complexity index is 1070. The third-order valence-electron chi connectivity index (χ3n) is 7.69. The van der Waals surface area contributed by atoms with Gasteiger partial charge in [0.2, 0.25) is 0 Å². The maximum atomic E-state index is 13.9. The zero-order valence-corrected chi connectivity index (χ0v) is 21.8. The first-order chi connectivity index (χ1) is 17.2. The van der Waals surface area contributed by atoms with Crippen LogP contribution in [0.5, 0.6) is 0 Å². The molecule has 2 saturated heterocycles. The molecule has 2 aliphatic rings. The van der Waals surface area contributed by atoms with Crippen molar-refractivity contribution in [3.8, 4) is 17.2 Å². The maximum Gasteiger partial charge on any atom is 0.118 e. The highest BCUT2D eigenvalue weighted by Crippen LogP contribution is 2.29. The number of aliphatic hydroxyl groups is 1. The normalized spacial score (nSPS) is 19.8. The number of nitriles is 1. The molecule has 0 radical (unpaired) electrons. The predicted molar refractivity (Wildman–Crippen MR) is 145 cm³/mol. The quantitative estimate of drug-likeness (QED) is 0.491. The van der Waals surface area contributed by atoms with Crippen molar-refractivity contribution >= 4 is 5.70 Å². The van der Waals surface area contributed by atoms with Crippen LogP contribution in [0.25, 0.3) is 16.8 Å². The fraction of sp³-hybridized carbons (Fsp3) is 0.516. The molecule has 192 valence electrons. The number of hydrogen-bond acceptors (Lipinski definition) is 4. The number of benzene rings is 2. The summed E-state index contributed by atoms with van der Waals surface area (Å²) in [7, 11) is 0. The van der Waals surface area contributed by atoms with Gasteiger partial charge in [0, 0.05) is 25.3 Å². The average molecular weight is 490 g/mol.